The van der Waals surface area contributed by atoms with E-state index >= 15 is 0 Å². The van der Waals surface area contributed by atoms with E-state index in [2.05, 4.69) is 16.6 Å². The SMILES string of the molecule is CCOC(=O)c1nccc(Cc2ccc(F)cc2)c1NCCCSC. The van der Waals surface area contributed by atoms with Crippen molar-refractivity contribution in [3.05, 3.63) is 59.2 Å². The molecule has 1 aromatic heterocycles. The second-order valence-electron chi connectivity index (χ2n) is 5.49. The molecule has 4 nitrogen and oxygen atoms in total. The van der Waals surface area contributed by atoms with E-state index in [-0.39, 0.29) is 5.82 Å². The molecule has 1 heterocycles. The van der Waals surface area contributed by atoms with E-state index in [0.717, 1.165) is 29.8 Å². The van der Waals surface area contributed by atoms with Gasteiger partial charge in [0.2, 0.25) is 0 Å². The number of pyridine rings is 1. The molecule has 134 valence electrons. The van der Waals surface area contributed by atoms with Crippen molar-refractivity contribution in [3.63, 3.8) is 0 Å². The van der Waals surface area contributed by atoms with Crippen molar-refractivity contribution < 1.29 is 13.9 Å². The summed E-state index contributed by atoms with van der Waals surface area (Å²) in [5.74, 6) is 0.340. The summed E-state index contributed by atoms with van der Waals surface area (Å²) in [5.41, 5.74) is 2.90. The van der Waals surface area contributed by atoms with Gasteiger partial charge in [0.05, 0.1) is 12.3 Å². The molecule has 0 radical (unpaired) electrons. The fourth-order valence-corrected chi connectivity index (χ4v) is 2.89. The number of halogens is 1. The van der Waals surface area contributed by atoms with Gasteiger partial charge in [-0.2, -0.15) is 11.8 Å². The Morgan fingerprint density at radius 2 is 2.04 bits per heavy atom. The first-order valence-corrected chi connectivity index (χ1v) is 9.67. The summed E-state index contributed by atoms with van der Waals surface area (Å²) in [4.78, 5) is 16.4. The number of ether oxygens (including phenoxy) is 1. The highest BCUT2D eigenvalue weighted by Crippen LogP contribution is 2.23. The number of benzene rings is 1. The van der Waals surface area contributed by atoms with E-state index in [0.29, 0.717) is 24.4 Å². The number of anilines is 1. The maximum atomic E-state index is 13.1. The normalized spacial score (nSPS) is 10.5. The quantitative estimate of drug-likeness (QED) is 0.536. The van der Waals surface area contributed by atoms with Crippen molar-refractivity contribution in [2.45, 2.75) is 19.8 Å². The Balaban J connectivity index is 2.27. The molecule has 0 saturated carbocycles. The highest BCUT2D eigenvalue weighted by atomic mass is 32.2. The average Bonchev–Trinajstić information content (AvgIpc) is 2.61. The number of hydrogen-bond donors (Lipinski definition) is 1. The molecule has 1 N–H and O–H groups in total. The van der Waals surface area contributed by atoms with E-state index < -0.39 is 5.97 Å². The van der Waals surface area contributed by atoms with Crippen LogP contribution in [0.2, 0.25) is 0 Å². The van der Waals surface area contributed by atoms with Gasteiger partial charge in [0.15, 0.2) is 5.69 Å². The predicted molar refractivity (Wildman–Crippen MR) is 101 cm³/mol. The van der Waals surface area contributed by atoms with E-state index in [1.165, 1.54) is 12.1 Å². The fraction of sp³-hybridized carbons (Fsp3) is 0.368. The summed E-state index contributed by atoms with van der Waals surface area (Å²) < 4.78 is 18.2. The lowest BCUT2D eigenvalue weighted by atomic mass is 10.0. The van der Waals surface area contributed by atoms with Gasteiger partial charge < -0.3 is 10.1 Å². The van der Waals surface area contributed by atoms with Gasteiger partial charge in [-0.3, -0.25) is 0 Å². The summed E-state index contributed by atoms with van der Waals surface area (Å²) in [5, 5.41) is 3.34. The van der Waals surface area contributed by atoms with Crippen LogP contribution in [0, 0.1) is 5.82 Å². The highest BCUT2D eigenvalue weighted by Gasteiger charge is 2.17. The zero-order valence-electron chi connectivity index (χ0n) is 14.5. The second kappa shape index (κ2) is 10.0. The molecule has 0 fully saturated rings. The zero-order chi connectivity index (χ0) is 18.1. The average molecular weight is 362 g/mol. The minimum Gasteiger partial charge on any atom is -0.461 e. The standard InChI is InChI=1S/C19H23FN2O2S/c1-3-24-19(23)18-17(21-10-4-12-25-2)15(9-11-22-18)13-14-5-7-16(20)8-6-14/h5-9,11,21H,3-4,10,12-13H2,1-2H3. The molecule has 0 aliphatic carbocycles. The molecule has 2 rings (SSSR count). The fourth-order valence-electron chi connectivity index (χ4n) is 2.45. The van der Waals surface area contributed by atoms with Crippen molar-refractivity contribution >= 4 is 23.4 Å². The number of aromatic nitrogens is 1. The van der Waals surface area contributed by atoms with Crippen molar-refractivity contribution in [2.75, 3.05) is 30.5 Å². The molecule has 0 spiro atoms. The summed E-state index contributed by atoms with van der Waals surface area (Å²) in [6, 6.07) is 8.25. The first-order chi connectivity index (χ1) is 12.2. The summed E-state index contributed by atoms with van der Waals surface area (Å²) in [7, 11) is 0. The molecule has 0 aliphatic rings. The van der Waals surface area contributed by atoms with Gasteiger partial charge in [0, 0.05) is 12.7 Å². The van der Waals surface area contributed by atoms with Crippen molar-refractivity contribution in [3.8, 4) is 0 Å². The Bertz CT molecular complexity index is 692. The van der Waals surface area contributed by atoms with Gasteiger partial charge in [-0.15, -0.1) is 0 Å². The molecule has 0 atom stereocenters. The molecule has 0 saturated heterocycles. The topological polar surface area (TPSA) is 51.2 Å². The van der Waals surface area contributed by atoms with E-state index in [9.17, 15) is 9.18 Å². The molecule has 6 heteroatoms. The molecular weight excluding hydrogens is 339 g/mol. The molecule has 0 unspecified atom stereocenters. The number of carbonyl (C=O) groups is 1. The zero-order valence-corrected chi connectivity index (χ0v) is 15.4. The minimum absolute atomic E-state index is 0.263. The van der Waals surface area contributed by atoms with Gasteiger partial charge in [0.1, 0.15) is 5.82 Å². The number of esters is 1. The summed E-state index contributed by atoms with van der Waals surface area (Å²) in [6.45, 7) is 2.82. The lowest BCUT2D eigenvalue weighted by molar-refractivity contribution is 0.0520. The van der Waals surface area contributed by atoms with Crippen LogP contribution in [-0.4, -0.2) is 36.1 Å². The second-order valence-corrected chi connectivity index (χ2v) is 6.48. The van der Waals surface area contributed by atoms with Crippen LogP contribution in [0.15, 0.2) is 36.5 Å². The van der Waals surface area contributed by atoms with Gasteiger partial charge in [-0.1, -0.05) is 12.1 Å². The van der Waals surface area contributed by atoms with Crippen LogP contribution < -0.4 is 5.32 Å². The van der Waals surface area contributed by atoms with Crippen LogP contribution in [0.25, 0.3) is 0 Å². The lowest BCUT2D eigenvalue weighted by Crippen LogP contribution is -2.15. The number of hydrogen-bond acceptors (Lipinski definition) is 5. The third kappa shape index (κ3) is 5.74. The first kappa shape index (κ1) is 19.2. The van der Waals surface area contributed by atoms with Crippen molar-refractivity contribution in [1.29, 1.82) is 0 Å². The van der Waals surface area contributed by atoms with E-state index in [4.69, 9.17) is 4.74 Å². The number of thioether (sulfide) groups is 1. The minimum atomic E-state index is -0.434. The Morgan fingerprint density at radius 3 is 2.72 bits per heavy atom. The largest absolute Gasteiger partial charge is 0.461 e. The maximum Gasteiger partial charge on any atom is 0.359 e. The van der Waals surface area contributed by atoms with Crippen LogP contribution >= 0.6 is 11.8 Å². The number of nitrogens with one attached hydrogen (secondary N) is 1. The van der Waals surface area contributed by atoms with Crippen LogP contribution in [0.4, 0.5) is 10.1 Å². The van der Waals surface area contributed by atoms with E-state index in [1.807, 2.05) is 6.07 Å². The Labute approximate surface area is 152 Å². The predicted octanol–water partition coefficient (Wildman–Crippen LogP) is 4.15. The molecule has 2 aromatic rings. The van der Waals surface area contributed by atoms with Gasteiger partial charge in [-0.05, 0) is 61.1 Å². The van der Waals surface area contributed by atoms with Crippen LogP contribution in [-0.2, 0) is 11.2 Å². The first-order valence-electron chi connectivity index (χ1n) is 8.28. The molecule has 0 amide bonds. The van der Waals surface area contributed by atoms with Gasteiger partial charge in [0.25, 0.3) is 0 Å². The Morgan fingerprint density at radius 1 is 1.28 bits per heavy atom. The molecule has 0 bridgehead atoms. The van der Waals surface area contributed by atoms with Crippen LogP contribution in [0.3, 0.4) is 0 Å². The maximum absolute atomic E-state index is 13.1. The van der Waals surface area contributed by atoms with Gasteiger partial charge >= 0.3 is 5.97 Å². The number of carbonyl (C=O) groups excluding carboxylic acids is 1. The molecule has 1 aromatic carbocycles. The smallest absolute Gasteiger partial charge is 0.359 e. The summed E-state index contributed by atoms with van der Waals surface area (Å²) in [6.07, 6.45) is 5.24. The third-order valence-corrected chi connectivity index (χ3v) is 4.34. The Hall–Kier alpha value is -2.08. The van der Waals surface area contributed by atoms with Crippen molar-refractivity contribution in [1.82, 2.24) is 4.98 Å². The molecule has 0 aliphatic heterocycles. The summed E-state index contributed by atoms with van der Waals surface area (Å²) >= 11 is 1.78. The lowest BCUT2D eigenvalue weighted by Gasteiger charge is -2.15. The van der Waals surface area contributed by atoms with E-state index in [1.54, 1.807) is 37.0 Å². The van der Waals surface area contributed by atoms with Crippen molar-refractivity contribution in [2.24, 2.45) is 0 Å². The number of rotatable bonds is 9. The van der Waals surface area contributed by atoms with Gasteiger partial charge in [-0.25, -0.2) is 14.2 Å². The highest BCUT2D eigenvalue weighted by molar-refractivity contribution is 7.98. The number of nitrogens with zero attached hydrogens (tertiary/aromatic N) is 1. The third-order valence-electron chi connectivity index (χ3n) is 3.64. The Kier molecular flexibility index (Phi) is 7.73. The van der Waals surface area contributed by atoms with Crippen LogP contribution in [0.1, 0.15) is 35.0 Å². The molecular formula is C19H23FN2O2S. The molecule has 25 heavy (non-hydrogen) atoms. The monoisotopic (exact) mass is 362 g/mol. The van der Waals surface area contributed by atoms with Crippen LogP contribution in [0.5, 0.6) is 0 Å².